The van der Waals surface area contributed by atoms with Gasteiger partial charge in [0, 0.05) is 6.54 Å². The number of allylic oxidation sites excluding steroid dienone is 1. The van der Waals surface area contributed by atoms with Crippen LogP contribution in [-0.2, 0) is 0 Å². The third-order valence-corrected chi connectivity index (χ3v) is 4.86. The molecule has 0 spiro atoms. The number of likely N-dealkylation sites (N-methyl/N-ethyl adjacent to an activating group) is 1. The SMILES string of the molecule is CCC(=C(c1ccc(OCCN(C)C)cc1)c1cccc(O)c1)c1ccccc1. The zero-order valence-corrected chi connectivity index (χ0v) is 17.4. The van der Waals surface area contributed by atoms with E-state index in [0.29, 0.717) is 6.61 Å². The lowest BCUT2D eigenvalue weighted by Gasteiger charge is -2.17. The van der Waals surface area contributed by atoms with Crippen molar-refractivity contribution in [2.75, 3.05) is 27.2 Å². The van der Waals surface area contributed by atoms with Crippen molar-refractivity contribution in [1.82, 2.24) is 4.90 Å². The molecule has 1 N–H and O–H groups in total. The maximum absolute atomic E-state index is 10.1. The fourth-order valence-corrected chi connectivity index (χ4v) is 3.41. The first-order valence-corrected chi connectivity index (χ1v) is 10.0. The summed E-state index contributed by atoms with van der Waals surface area (Å²) in [7, 11) is 4.07. The molecule has 0 aromatic heterocycles. The van der Waals surface area contributed by atoms with Crippen molar-refractivity contribution in [1.29, 1.82) is 0 Å². The molecule has 0 bridgehead atoms. The van der Waals surface area contributed by atoms with Crippen LogP contribution >= 0.6 is 0 Å². The highest BCUT2D eigenvalue weighted by Crippen LogP contribution is 2.35. The Morgan fingerprint density at radius 3 is 2.14 bits per heavy atom. The Hall–Kier alpha value is -3.04. The Kier molecular flexibility index (Phi) is 7.09. The summed E-state index contributed by atoms with van der Waals surface area (Å²) in [4.78, 5) is 2.10. The van der Waals surface area contributed by atoms with Crippen molar-refractivity contribution in [3.05, 3.63) is 95.6 Å². The van der Waals surface area contributed by atoms with Gasteiger partial charge in [0.2, 0.25) is 0 Å². The summed E-state index contributed by atoms with van der Waals surface area (Å²) >= 11 is 0. The van der Waals surface area contributed by atoms with Gasteiger partial charge in [-0.2, -0.15) is 0 Å². The average molecular weight is 388 g/mol. The van der Waals surface area contributed by atoms with Gasteiger partial charge in [-0.25, -0.2) is 0 Å². The number of nitrogens with zero attached hydrogens (tertiary/aromatic N) is 1. The fraction of sp³-hybridized carbons (Fsp3) is 0.231. The van der Waals surface area contributed by atoms with Crippen LogP contribution in [0, 0.1) is 0 Å². The van der Waals surface area contributed by atoms with Gasteiger partial charge in [0.05, 0.1) is 0 Å². The quantitative estimate of drug-likeness (QED) is 0.503. The zero-order valence-electron chi connectivity index (χ0n) is 17.4. The number of phenolic OH excluding ortho intramolecular Hbond substituents is 1. The molecule has 3 nitrogen and oxygen atoms in total. The second-order valence-electron chi connectivity index (χ2n) is 7.30. The molecule has 0 amide bonds. The highest BCUT2D eigenvalue weighted by Gasteiger charge is 2.13. The summed E-state index contributed by atoms with van der Waals surface area (Å²) in [5.74, 6) is 1.13. The molecular formula is C26H29NO2. The van der Waals surface area contributed by atoms with E-state index in [1.165, 1.54) is 11.1 Å². The molecule has 3 rings (SSSR count). The molecule has 29 heavy (non-hydrogen) atoms. The monoisotopic (exact) mass is 387 g/mol. The maximum Gasteiger partial charge on any atom is 0.119 e. The summed E-state index contributed by atoms with van der Waals surface area (Å²) in [5.41, 5.74) is 5.69. The van der Waals surface area contributed by atoms with Gasteiger partial charge in [-0.3, -0.25) is 0 Å². The Balaban J connectivity index is 2.03. The second-order valence-corrected chi connectivity index (χ2v) is 7.30. The van der Waals surface area contributed by atoms with E-state index >= 15 is 0 Å². The molecule has 150 valence electrons. The number of aromatic hydroxyl groups is 1. The smallest absolute Gasteiger partial charge is 0.119 e. The lowest BCUT2D eigenvalue weighted by Crippen LogP contribution is -2.19. The highest BCUT2D eigenvalue weighted by molar-refractivity contribution is 5.98. The summed E-state index contributed by atoms with van der Waals surface area (Å²) in [6, 6.07) is 26.2. The normalized spacial score (nSPS) is 12.0. The van der Waals surface area contributed by atoms with Crippen LogP contribution in [0.4, 0.5) is 0 Å². The molecule has 0 saturated carbocycles. The third-order valence-electron chi connectivity index (χ3n) is 4.86. The minimum Gasteiger partial charge on any atom is -0.508 e. The number of phenols is 1. The summed E-state index contributed by atoms with van der Waals surface area (Å²) in [5, 5.41) is 10.1. The number of hydrogen-bond donors (Lipinski definition) is 1. The molecule has 0 heterocycles. The van der Waals surface area contributed by atoms with Crippen LogP contribution in [0.1, 0.15) is 30.0 Å². The Labute approximate surface area is 173 Å². The van der Waals surface area contributed by atoms with Crippen molar-refractivity contribution >= 4 is 11.1 Å². The molecule has 0 fully saturated rings. The lowest BCUT2D eigenvalue weighted by molar-refractivity contribution is 0.261. The second kappa shape index (κ2) is 9.94. The van der Waals surface area contributed by atoms with E-state index in [0.717, 1.165) is 35.4 Å². The Morgan fingerprint density at radius 1 is 0.828 bits per heavy atom. The van der Waals surface area contributed by atoms with E-state index in [1.54, 1.807) is 6.07 Å². The highest BCUT2D eigenvalue weighted by atomic mass is 16.5. The van der Waals surface area contributed by atoms with Gasteiger partial charge < -0.3 is 14.7 Å². The van der Waals surface area contributed by atoms with Crippen molar-refractivity contribution in [2.45, 2.75) is 13.3 Å². The van der Waals surface area contributed by atoms with E-state index in [9.17, 15) is 5.11 Å². The number of benzene rings is 3. The molecule has 0 atom stereocenters. The minimum absolute atomic E-state index is 0.271. The standard InChI is InChI=1S/C26H29NO2/c1-4-25(20-9-6-5-7-10-20)26(22-11-8-12-23(28)19-22)21-13-15-24(16-14-21)29-18-17-27(2)3/h5-16,19,28H,4,17-18H2,1-3H3. The van der Waals surface area contributed by atoms with Crippen molar-refractivity contribution in [2.24, 2.45) is 0 Å². The van der Waals surface area contributed by atoms with E-state index < -0.39 is 0 Å². The first-order valence-electron chi connectivity index (χ1n) is 10.0. The molecule has 0 saturated heterocycles. The topological polar surface area (TPSA) is 32.7 Å². The minimum atomic E-state index is 0.271. The predicted molar refractivity (Wildman–Crippen MR) is 121 cm³/mol. The van der Waals surface area contributed by atoms with Gasteiger partial charge in [-0.15, -0.1) is 0 Å². The lowest BCUT2D eigenvalue weighted by atomic mass is 9.88. The number of rotatable bonds is 8. The van der Waals surface area contributed by atoms with Crippen molar-refractivity contribution in [3.8, 4) is 11.5 Å². The van der Waals surface area contributed by atoms with Gasteiger partial charge in [-0.1, -0.05) is 61.5 Å². The summed E-state index contributed by atoms with van der Waals surface area (Å²) < 4.78 is 5.85. The largest absolute Gasteiger partial charge is 0.508 e. The van der Waals surface area contributed by atoms with E-state index in [2.05, 4.69) is 54.3 Å². The van der Waals surface area contributed by atoms with E-state index in [-0.39, 0.29) is 5.75 Å². The number of ether oxygens (including phenoxy) is 1. The molecule has 3 aromatic carbocycles. The van der Waals surface area contributed by atoms with E-state index in [1.807, 2.05) is 44.4 Å². The summed E-state index contributed by atoms with van der Waals surface area (Å²) in [6.45, 7) is 3.71. The van der Waals surface area contributed by atoms with Gasteiger partial charge in [0.25, 0.3) is 0 Å². The van der Waals surface area contributed by atoms with Crippen LogP contribution in [0.25, 0.3) is 11.1 Å². The van der Waals surface area contributed by atoms with Crippen LogP contribution in [0.2, 0.25) is 0 Å². The molecule has 3 aromatic rings. The Bertz CT molecular complexity index is 944. The third kappa shape index (κ3) is 5.49. The summed E-state index contributed by atoms with van der Waals surface area (Å²) in [6.07, 6.45) is 0.885. The van der Waals surface area contributed by atoms with Crippen LogP contribution in [-0.4, -0.2) is 37.3 Å². The molecular weight excluding hydrogens is 358 g/mol. The first kappa shape index (κ1) is 20.7. The van der Waals surface area contributed by atoms with E-state index in [4.69, 9.17) is 4.74 Å². The van der Waals surface area contributed by atoms with Gasteiger partial charge in [0.15, 0.2) is 0 Å². The molecule has 0 aliphatic carbocycles. The Morgan fingerprint density at radius 2 is 1.52 bits per heavy atom. The van der Waals surface area contributed by atoms with Gasteiger partial charge in [-0.05, 0) is 72.6 Å². The maximum atomic E-state index is 10.1. The van der Waals surface area contributed by atoms with Crippen molar-refractivity contribution in [3.63, 3.8) is 0 Å². The van der Waals surface area contributed by atoms with Gasteiger partial charge >= 0.3 is 0 Å². The van der Waals surface area contributed by atoms with Crippen LogP contribution in [0.3, 0.4) is 0 Å². The molecule has 0 radical (unpaired) electrons. The van der Waals surface area contributed by atoms with Gasteiger partial charge in [0.1, 0.15) is 18.1 Å². The predicted octanol–water partition coefficient (Wildman–Crippen LogP) is 5.70. The molecule has 0 aliphatic rings. The molecule has 0 aliphatic heterocycles. The molecule has 0 unspecified atom stereocenters. The average Bonchev–Trinajstić information content (AvgIpc) is 2.73. The zero-order chi connectivity index (χ0) is 20.6. The van der Waals surface area contributed by atoms with Crippen LogP contribution < -0.4 is 4.74 Å². The van der Waals surface area contributed by atoms with Crippen LogP contribution in [0.5, 0.6) is 11.5 Å². The molecule has 3 heteroatoms. The van der Waals surface area contributed by atoms with Crippen LogP contribution in [0.15, 0.2) is 78.9 Å². The van der Waals surface area contributed by atoms with Crippen molar-refractivity contribution < 1.29 is 9.84 Å². The number of hydrogen-bond acceptors (Lipinski definition) is 3. The fourth-order valence-electron chi connectivity index (χ4n) is 3.41. The first-order chi connectivity index (χ1) is 14.1.